The largest absolute Gasteiger partial charge is 0.455 e. The standard InChI is InChI=1S/C53H34N2O2/c1-3-12-35(13-4-1)37-24-28-42(29-25-37)55(49-21-10-9-18-44(49)41-23-22-36-14-7-8-17-40(36)32-41)43-30-26-38(27-31-43)45-19-11-20-46-47-33-51-48(34-50(47)56-52(45)46)54-53(57-51)39-15-5-2-6-16-39/h1-34H. The first-order valence-electron chi connectivity index (χ1n) is 19.2. The zero-order valence-electron chi connectivity index (χ0n) is 30.8. The highest BCUT2D eigenvalue weighted by Gasteiger charge is 2.20. The molecule has 0 saturated heterocycles. The highest BCUT2D eigenvalue weighted by molar-refractivity contribution is 6.12. The van der Waals surface area contributed by atoms with Crippen LogP contribution in [0.5, 0.6) is 0 Å². The van der Waals surface area contributed by atoms with Gasteiger partial charge in [-0.1, -0.05) is 146 Å². The van der Waals surface area contributed by atoms with E-state index in [0.29, 0.717) is 5.89 Å². The van der Waals surface area contributed by atoms with Crippen LogP contribution >= 0.6 is 0 Å². The second-order valence-electron chi connectivity index (χ2n) is 14.4. The normalized spacial score (nSPS) is 11.5. The van der Waals surface area contributed by atoms with Gasteiger partial charge in [0.25, 0.3) is 0 Å². The Bertz CT molecular complexity index is 3220. The number of benzene rings is 9. The molecule has 0 saturated carbocycles. The molecule has 4 nitrogen and oxygen atoms in total. The average molecular weight is 731 g/mol. The van der Waals surface area contributed by atoms with Gasteiger partial charge < -0.3 is 13.7 Å². The third-order valence-corrected chi connectivity index (χ3v) is 10.9. The van der Waals surface area contributed by atoms with E-state index in [4.69, 9.17) is 13.8 Å². The highest BCUT2D eigenvalue weighted by atomic mass is 16.4. The van der Waals surface area contributed by atoms with Crippen molar-refractivity contribution in [3.8, 4) is 44.8 Å². The van der Waals surface area contributed by atoms with Crippen molar-refractivity contribution in [1.29, 1.82) is 0 Å². The maximum atomic E-state index is 6.63. The number of aromatic nitrogens is 1. The van der Waals surface area contributed by atoms with E-state index < -0.39 is 0 Å². The summed E-state index contributed by atoms with van der Waals surface area (Å²) in [4.78, 5) is 7.15. The number of hydrogen-bond donors (Lipinski definition) is 0. The van der Waals surface area contributed by atoms with Crippen LogP contribution in [0.3, 0.4) is 0 Å². The first kappa shape index (κ1) is 32.7. The van der Waals surface area contributed by atoms with E-state index in [9.17, 15) is 0 Å². The number of para-hydroxylation sites is 2. The summed E-state index contributed by atoms with van der Waals surface area (Å²) < 4.78 is 12.9. The van der Waals surface area contributed by atoms with Crippen molar-refractivity contribution in [3.05, 3.63) is 206 Å². The quantitative estimate of drug-likeness (QED) is 0.164. The van der Waals surface area contributed by atoms with Crippen LogP contribution < -0.4 is 4.90 Å². The van der Waals surface area contributed by atoms with E-state index in [1.54, 1.807) is 0 Å². The molecule has 4 heteroatoms. The summed E-state index contributed by atoms with van der Waals surface area (Å²) in [5.41, 5.74) is 14.1. The summed E-state index contributed by atoms with van der Waals surface area (Å²) in [5.74, 6) is 0.601. The number of oxazole rings is 1. The Morgan fingerprint density at radius 3 is 1.75 bits per heavy atom. The molecule has 0 unspecified atom stereocenters. The van der Waals surface area contributed by atoms with Gasteiger partial charge in [-0.15, -0.1) is 0 Å². The summed E-state index contributed by atoms with van der Waals surface area (Å²) >= 11 is 0. The minimum Gasteiger partial charge on any atom is -0.455 e. The molecule has 2 aromatic heterocycles. The van der Waals surface area contributed by atoms with Crippen LogP contribution in [0.4, 0.5) is 17.1 Å². The van der Waals surface area contributed by atoms with Crippen molar-refractivity contribution < 1.29 is 8.83 Å². The van der Waals surface area contributed by atoms with E-state index in [1.807, 2.05) is 36.4 Å². The van der Waals surface area contributed by atoms with E-state index in [1.165, 1.54) is 27.5 Å². The van der Waals surface area contributed by atoms with Crippen molar-refractivity contribution in [2.75, 3.05) is 4.90 Å². The molecule has 0 aliphatic rings. The van der Waals surface area contributed by atoms with E-state index in [-0.39, 0.29) is 0 Å². The summed E-state index contributed by atoms with van der Waals surface area (Å²) in [6.45, 7) is 0. The number of rotatable bonds is 7. The number of hydrogen-bond acceptors (Lipinski definition) is 4. The van der Waals surface area contributed by atoms with Gasteiger partial charge in [0.05, 0.1) is 5.69 Å². The molecule has 0 bridgehead atoms. The Labute approximate surface area is 329 Å². The Kier molecular flexibility index (Phi) is 7.78. The molecule has 0 N–H and O–H groups in total. The van der Waals surface area contributed by atoms with Gasteiger partial charge in [0.1, 0.15) is 16.7 Å². The van der Waals surface area contributed by atoms with Crippen molar-refractivity contribution in [2.45, 2.75) is 0 Å². The first-order valence-corrected chi connectivity index (χ1v) is 19.2. The molecule has 11 rings (SSSR count). The van der Waals surface area contributed by atoms with Crippen molar-refractivity contribution >= 4 is 60.9 Å². The number of anilines is 3. The van der Waals surface area contributed by atoms with E-state index >= 15 is 0 Å². The van der Waals surface area contributed by atoms with E-state index in [0.717, 1.165) is 72.4 Å². The molecule has 11 aromatic rings. The van der Waals surface area contributed by atoms with Crippen molar-refractivity contribution in [2.24, 2.45) is 0 Å². The minimum atomic E-state index is 0.601. The van der Waals surface area contributed by atoms with Gasteiger partial charge in [-0.05, 0) is 87.6 Å². The molecular weight excluding hydrogens is 697 g/mol. The molecule has 0 spiro atoms. The molecule has 268 valence electrons. The van der Waals surface area contributed by atoms with Gasteiger partial charge in [-0.2, -0.15) is 0 Å². The zero-order valence-corrected chi connectivity index (χ0v) is 30.8. The summed E-state index contributed by atoms with van der Waals surface area (Å²) in [7, 11) is 0. The maximum Gasteiger partial charge on any atom is 0.227 e. The molecule has 9 aromatic carbocycles. The van der Waals surface area contributed by atoms with Gasteiger partial charge >= 0.3 is 0 Å². The Hall–Kier alpha value is -7.69. The Balaban J connectivity index is 1.01. The summed E-state index contributed by atoms with van der Waals surface area (Å²) in [5, 5.41) is 4.48. The lowest BCUT2D eigenvalue weighted by Gasteiger charge is -2.28. The molecule has 0 fully saturated rings. The van der Waals surface area contributed by atoms with Crippen LogP contribution in [-0.4, -0.2) is 4.98 Å². The second-order valence-corrected chi connectivity index (χ2v) is 14.4. The zero-order chi connectivity index (χ0) is 37.7. The van der Waals surface area contributed by atoms with Crippen molar-refractivity contribution in [1.82, 2.24) is 4.98 Å². The SMILES string of the molecule is c1ccc(-c2ccc(N(c3ccc(-c4cccc5c4oc4cc6nc(-c7ccccc7)oc6cc45)cc3)c3ccccc3-c3ccc4ccccc4c3)cc2)cc1. The topological polar surface area (TPSA) is 42.4 Å². The van der Waals surface area contributed by atoms with Gasteiger partial charge in [-0.3, -0.25) is 0 Å². The fourth-order valence-electron chi connectivity index (χ4n) is 8.07. The molecule has 0 aliphatic carbocycles. The van der Waals surface area contributed by atoms with Crippen LogP contribution in [0, 0.1) is 0 Å². The lowest BCUT2D eigenvalue weighted by atomic mass is 9.98. The van der Waals surface area contributed by atoms with Crippen LogP contribution in [0.2, 0.25) is 0 Å². The monoisotopic (exact) mass is 730 g/mol. The molecule has 0 amide bonds. The number of furan rings is 1. The maximum absolute atomic E-state index is 6.63. The minimum absolute atomic E-state index is 0.601. The fourth-order valence-corrected chi connectivity index (χ4v) is 8.07. The fraction of sp³-hybridized carbons (Fsp3) is 0. The predicted molar refractivity (Wildman–Crippen MR) is 235 cm³/mol. The van der Waals surface area contributed by atoms with Gasteiger partial charge in [0.15, 0.2) is 5.58 Å². The van der Waals surface area contributed by atoms with Gasteiger partial charge in [0, 0.05) is 44.9 Å². The van der Waals surface area contributed by atoms with Crippen LogP contribution in [0.25, 0.3) is 88.6 Å². The molecule has 0 aliphatic heterocycles. The number of fused-ring (bicyclic) bond motifs is 5. The first-order chi connectivity index (χ1) is 28.2. The lowest BCUT2D eigenvalue weighted by molar-refractivity contribution is 0.620. The summed E-state index contributed by atoms with van der Waals surface area (Å²) in [6, 6.07) is 72.5. The Morgan fingerprint density at radius 2 is 0.982 bits per heavy atom. The lowest BCUT2D eigenvalue weighted by Crippen LogP contribution is -2.11. The molecule has 0 radical (unpaired) electrons. The smallest absolute Gasteiger partial charge is 0.227 e. The van der Waals surface area contributed by atoms with Gasteiger partial charge in [-0.25, -0.2) is 4.98 Å². The second kappa shape index (κ2) is 13.6. The van der Waals surface area contributed by atoms with Gasteiger partial charge in [0.2, 0.25) is 5.89 Å². The summed E-state index contributed by atoms with van der Waals surface area (Å²) in [6.07, 6.45) is 0. The predicted octanol–water partition coefficient (Wildman–Crippen LogP) is 15.0. The van der Waals surface area contributed by atoms with E-state index in [2.05, 4.69) is 175 Å². The molecule has 2 heterocycles. The molecule has 0 atom stereocenters. The van der Waals surface area contributed by atoms with Crippen LogP contribution in [-0.2, 0) is 0 Å². The van der Waals surface area contributed by atoms with Crippen molar-refractivity contribution in [3.63, 3.8) is 0 Å². The highest BCUT2D eigenvalue weighted by Crippen LogP contribution is 2.43. The van der Waals surface area contributed by atoms with Crippen LogP contribution in [0.15, 0.2) is 215 Å². The van der Waals surface area contributed by atoms with Crippen LogP contribution in [0.1, 0.15) is 0 Å². The molecule has 57 heavy (non-hydrogen) atoms. The number of nitrogens with zero attached hydrogens (tertiary/aromatic N) is 2. The third kappa shape index (κ3) is 5.83. The molecular formula is C53H34N2O2. The third-order valence-electron chi connectivity index (χ3n) is 10.9. The Morgan fingerprint density at radius 1 is 0.368 bits per heavy atom. The average Bonchev–Trinajstić information content (AvgIpc) is 3.87.